The van der Waals surface area contributed by atoms with E-state index in [-0.39, 0.29) is 82.4 Å². The zero-order valence-electron chi connectivity index (χ0n) is 62.2. The van der Waals surface area contributed by atoms with E-state index in [4.69, 9.17) is 70.1 Å². The minimum Gasteiger partial charge on any atom is -0.850 e. The third-order valence-electron chi connectivity index (χ3n) is 15.3. The van der Waals surface area contributed by atoms with Gasteiger partial charge in [-0.05, 0) is 185 Å². The van der Waals surface area contributed by atoms with E-state index in [0.29, 0.717) is 113 Å². The van der Waals surface area contributed by atoms with E-state index >= 15 is 0 Å². The van der Waals surface area contributed by atoms with Gasteiger partial charge in [-0.1, -0.05) is 162 Å². The maximum Gasteiger partial charge on any atom is 1.00 e. The van der Waals surface area contributed by atoms with Gasteiger partial charge >= 0.3 is 51.4 Å². The summed E-state index contributed by atoms with van der Waals surface area (Å²) in [7, 11) is -2.00. The molecule has 0 saturated carbocycles. The van der Waals surface area contributed by atoms with E-state index in [9.17, 15) is 38.0 Å². The number of fused-ring (bicyclic) bond motifs is 4. The quantitative estimate of drug-likeness (QED) is 0.0180. The molecule has 0 aliphatic carbocycles. The number of carbonyl (C=O) groups is 4. The number of nitrogen functional groups attached to an aromatic ring is 2. The van der Waals surface area contributed by atoms with Gasteiger partial charge in [-0.2, -0.15) is 0 Å². The number of alkyl halides is 3. The smallest absolute Gasteiger partial charge is 0.850 e. The van der Waals surface area contributed by atoms with Gasteiger partial charge in [0.1, 0.15) is 19.8 Å². The number of halogens is 8. The van der Waals surface area contributed by atoms with Crippen molar-refractivity contribution in [2.75, 3.05) is 58.6 Å². The summed E-state index contributed by atoms with van der Waals surface area (Å²) >= 11 is 31.0. The Morgan fingerprint density at radius 3 is 1.53 bits per heavy atom. The van der Waals surface area contributed by atoms with E-state index in [2.05, 4.69) is 81.8 Å². The topological polar surface area (TPSA) is 266 Å². The molecule has 0 atom stereocenters. The molecule has 18 nitrogen and oxygen atoms in total. The molecule has 4 aliphatic heterocycles. The summed E-state index contributed by atoms with van der Waals surface area (Å²) < 4.78 is 44.4. The van der Waals surface area contributed by atoms with E-state index < -0.39 is 19.9 Å². The van der Waals surface area contributed by atoms with Crippen molar-refractivity contribution in [3.63, 3.8) is 0 Å². The number of hydrogen-bond acceptors (Lipinski definition) is 14. The van der Waals surface area contributed by atoms with Crippen molar-refractivity contribution in [3.8, 4) is 11.8 Å². The molecule has 8 aromatic rings. The third kappa shape index (κ3) is 31.1. The van der Waals surface area contributed by atoms with Gasteiger partial charge in [0.05, 0.1) is 66.9 Å². The Morgan fingerprint density at radius 1 is 0.638 bits per heavy atom. The fraction of sp³-hybridized carbons (Fsp3) is 0.359. The number of nitrogens with one attached hydrogen (secondary N) is 3. The predicted molar refractivity (Wildman–Crippen MR) is 422 cm³/mol. The van der Waals surface area contributed by atoms with Crippen molar-refractivity contribution in [2.45, 2.75) is 133 Å². The normalized spacial score (nSPS) is 12.7. The summed E-state index contributed by atoms with van der Waals surface area (Å²) in [5.41, 5.74) is 26.2. The van der Waals surface area contributed by atoms with Crippen molar-refractivity contribution in [2.24, 2.45) is 11.3 Å². The van der Waals surface area contributed by atoms with Gasteiger partial charge in [0, 0.05) is 68.9 Å². The first-order chi connectivity index (χ1) is 49.9. The summed E-state index contributed by atoms with van der Waals surface area (Å²) in [6, 6.07) is 40.8. The number of amides is 4. The van der Waals surface area contributed by atoms with Crippen LogP contribution >= 0.6 is 78.3 Å². The van der Waals surface area contributed by atoms with Crippen molar-refractivity contribution in [1.82, 2.24) is 30.8 Å². The first kappa shape index (κ1) is 91.1. The number of anilines is 2. The number of ether oxygens (including phenoxy) is 2. The molecule has 0 bridgehead atoms. The standard InChI is InChI=1S/C24H22BrClN2O2.C15H16ClNO.C9H7BrClNO.C9H9ClN2O.C9H10N2O.C5H11NO2.C4H9O.2CH3F.CH4.K/c1-15-12-16(2)27-23(30-14-17-6-4-3-5-7-17)19(15)13-28-11-10-18-8-9-20(25)22(26)21(18)24(28)29;1-11-8-12(2)17-15(14(11)9-16)18-10-13-6-4-3-5-7-13;10-6-2-1-5-3-4-12-9(13)7(5)8(6)11;10-8-6(11)2-1-5-3-4-12-9(13)7(5)8;10-7-2-1-6-3-4-11-9(12)8(6)5-7;1-5(2)3-4-8-6-7;1-4(2,3)5;2*1-2;;/h3-9,12H,10-11,13-14H2,1-2H3;3-8H,9-10H2,1-2H3;1-2H,3-4H2,(H,12,13);1-2H,3-4,11H2,(H,12,13);1-2,5H,3-4,10H2,(H,11,12);5H,3-4H2,1-2H3;1-3H3;2*1H3;1H4;/q;;;;;;-1;;;;+1/i;;;;;;;2*1D;;. The SMILES string of the molecule is C.CC(C)(C)[O-].CC(C)CCON=O.Cc1cc(C)c(CCl)c(OCc2ccccc2)n1.Cc1cc(C)c(CN2CCc3ccc(Br)c(Cl)c3C2=O)c(OCc2ccccc2)n1.Nc1ccc2c(c1)C(=O)NCC2.Nc1ccc2c(c1Cl)C(=O)NCC2.O=C1NCCc2ccc(Br)c(Cl)c21.[2H]CF.[2H]CF.[K+]. The summed E-state index contributed by atoms with van der Waals surface area (Å²) in [6.45, 7) is 21.6. The number of hydrogen-bond donors (Lipinski definition) is 5. The summed E-state index contributed by atoms with van der Waals surface area (Å²) in [5.74, 6) is 1.95. The van der Waals surface area contributed by atoms with Crippen molar-refractivity contribution >= 4 is 113 Å². The fourth-order valence-corrected chi connectivity index (χ4v) is 12.1. The monoisotopic (exact) mass is 1680 g/mol. The molecule has 105 heavy (non-hydrogen) atoms. The molecule has 562 valence electrons. The Morgan fingerprint density at radius 2 is 1.06 bits per heavy atom. The molecule has 6 aromatic carbocycles. The van der Waals surface area contributed by atoms with Gasteiger partial charge in [-0.15, -0.1) is 22.1 Å². The Hall–Kier alpha value is -6.32. The Bertz CT molecular complexity index is 4090. The number of benzene rings is 6. The third-order valence-corrected chi connectivity index (χ3v) is 18.5. The average Bonchev–Trinajstić information content (AvgIpc) is 0.783. The number of nitrogens with zero attached hydrogens (tertiary/aromatic N) is 4. The van der Waals surface area contributed by atoms with Crippen LogP contribution in [0.3, 0.4) is 0 Å². The van der Waals surface area contributed by atoms with Gasteiger partial charge in [0.15, 0.2) is 5.34 Å². The van der Waals surface area contributed by atoms with Gasteiger partial charge < -0.3 is 51.7 Å². The first-order valence-electron chi connectivity index (χ1n) is 34.0. The van der Waals surface area contributed by atoms with Gasteiger partial charge in [0.25, 0.3) is 23.6 Å². The number of aryl methyl sites for hydroxylation is 4. The van der Waals surface area contributed by atoms with Gasteiger partial charge in [0.2, 0.25) is 11.8 Å². The van der Waals surface area contributed by atoms with Crippen molar-refractivity contribution < 1.29 is 102 Å². The zero-order chi connectivity index (χ0) is 77.9. The molecule has 0 unspecified atom stereocenters. The molecule has 0 saturated heterocycles. The van der Waals surface area contributed by atoms with Crippen LogP contribution in [0.5, 0.6) is 11.8 Å². The van der Waals surface area contributed by atoms with Crippen LogP contribution in [0.15, 0.2) is 142 Å². The minimum absolute atomic E-state index is 0. The molecule has 6 heterocycles. The van der Waals surface area contributed by atoms with E-state index in [0.717, 1.165) is 120 Å². The first-order valence-corrected chi connectivity index (χ1v) is 35.9. The molecule has 4 aliphatic rings. The summed E-state index contributed by atoms with van der Waals surface area (Å²) in [6.07, 6.45) is 4.24. The minimum atomic E-state index is -1.00. The molecule has 0 radical (unpaired) electrons. The maximum absolute atomic E-state index is 13.2. The zero-order valence-corrected chi connectivity index (χ0v) is 69.5. The Kier molecular flexibility index (Phi) is 42.4. The molecule has 7 N–H and O–H groups in total. The van der Waals surface area contributed by atoms with E-state index in [1.54, 1.807) is 32.9 Å². The Balaban J connectivity index is 0.000000441. The molecule has 2 aromatic heterocycles. The van der Waals surface area contributed by atoms with Crippen LogP contribution in [0, 0.1) is 38.5 Å². The fourth-order valence-electron chi connectivity index (χ4n) is 10.3. The van der Waals surface area contributed by atoms with Crippen molar-refractivity contribution in [3.05, 3.63) is 246 Å². The second-order valence-electron chi connectivity index (χ2n) is 24.8. The molecular weight excluding hydrogens is 1590 g/mol. The summed E-state index contributed by atoms with van der Waals surface area (Å²) in [5, 5.41) is 22.0. The number of nitrogens with two attached hydrogens (primary N) is 2. The molecule has 27 heteroatoms. The van der Waals surface area contributed by atoms with Crippen LogP contribution < -0.4 is 93.4 Å². The van der Waals surface area contributed by atoms with Crippen LogP contribution in [-0.2, 0) is 56.2 Å². The van der Waals surface area contributed by atoms with Crippen LogP contribution in [0.1, 0.15) is 160 Å². The van der Waals surface area contributed by atoms with Crippen LogP contribution in [0.25, 0.3) is 0 Å². The molecular formula is C78H94Br2Cl4F2KN9O9. The van der Waals surface area contributed by atoms with Crippen LogP contribution in [0.4, 0.5) is 20.2 Å². The average molecular weight is 1680 g/mol. The molecule has 12 rings (SSSR count). The molecule has 0 fully saturated rings. The molecule has 4 amide bonds. The molecule has 0 spiro atoms. The van der Waals surface area contributed by atoms with Crippen LogP contribution in [0.2, 0.25) is 15.1 Å². The number of aromatic nitrogens is 2. The predicted octanol–water partition coefficient (Wildman–Crippen LogP) is 14.7. The maximum atomic E-state index is 13.2. The van der Waals surface area contributed by atoms with E-state index in [1.165, 1.54) is 0 Å². The van der Waals surface area contributed by atoms with Gasteiger partial charge in [-0.3, -0.25) is 28.0 Å². The second-order valence-corrected chi connectivity index (χ2v) is 27.9. The van der Waals surface area contributed by atoms with Crippen LogP contribution in [-0.4, -0.2) is 91.2 Å². The number of carbonyl (C=O) groups excluding carboxylic acids is 4. The summed E-state index contributed by atoms with van der Waals surface area (Å²) in [4.78, 5) is 71.7. The largest absolute Gasteiger partial charge is 1.00 e. The number of rotatable bonds is 13. The van der Waals surface area contributed by atoms with E-state index in [1.807, 2.05) is 148 Å². The van der Waals surface area contributed by atoms with Crippen molar-refractivity contribution in [1.29, 1.82) is 0 Å². The van der Waals surface area contributed by atoms with Gasteiger partial charge in [-0.25, -0.2) is 9.97 Å². The second kappa shape index (κ2) is 48.9. The number of pyridine rings is 2. The Labute approximate surface area is 699 Å².